The van der Waals surface area contributed by atoms with Crippen molar-refractivity contribution in [2.24, 2.45) is 11.8 Å². The van der Waals surface area contributed by atoms with E-state index in [4.69, 9.17) is 19.4 Å². The van der Waals surface area contributed by atoms with Gasteiger partial charge in [-0.05, 0) is 60.6 Å². The minimum Gasteiger partial charge on any atom is -0.453 e. The molecule has 5 heterocycles. The Morgan fingerprint density at radius 2 is 1.26 bits per heavy atom. The van der Waals surface area contributed by atoms with Crippen LogP contribution in [0.3, 0.4) is 0 Å². The van der Waals surface area contributed by atoms with Gasteiger partial charge in [0.15, 0.2) is 0 Å². The number of hydrogen-bond acceptors (Lipinski definition) is 9. The Balaban J connectivity index is 1.02. The fourth-order valence-corrected chi connectivity index (χ4v) is 7.97. The summed E-state index contributed by atoms with van der Waals surface area (Å²) in [5, 5.41) is 7.40. The molecule has 0 unspecified atom stereocenters. The molecule has 304 valence electrons. The highest BCUT2D eigenvalue weighted by molar-refractivity contribution is 5.89. The summed E-state index contributed by atoms with van der Waals surface area (Å²) in [6.45, 7) is 8.77. The van der Waals surface area contributed by atoms with Crippen molar-refractivity contribution in [1.29, 1.82) is 0 Å². The zero-order chi connectivity index (χ0) is 41.1. The van der Waals surface area contributed by atoms with Crippen LogP contribution in [0.15, 0.2) is 67.1 Å². The van der Waals surface area contributed by atoms with Gasteiger partial charge in [-0.3, -0.25) is 14.6 Å². The van der Waals surface area contributed by atoms with Crippen LogP contribution in [0.25, 0.3) is 44.5 Å². The molecule has 3 aromatic heterocycles. The number of hydrogen-bond donors (Lipinski definition) is 4. The Hall–Kier alpha value is -6.25. The van der Waals surface area contributed by atoms with E-state index in [9.17, 15) is 19.2 Å². The van der Waals surface area contributed by atoms with Gasteiger partial charge in [0.1, 0.15) is 23.7 Å². The van der Waals surface area contributed by atoms with Crippen molar-refractivity contribution >= 4 is 34.8 Å². The summed E-state index contributed by atoms with van der Waals surface area (Å²) in [6, 6.07) is 14.5. The minimum atomic E-state index is -0.695. The number of imidazole rings is 2. The molecule has 0 radical (unpaired) electrons. The number of likely N-dealkylation sites (tertiary alicyclic amines) is 2. The van der Waals surface area contributed by atoms with Crippen LogP contribution in [0.4, 0.5) is 9.59 Å². The molecular formula is C43H51N9O6. The summed E-state index contributed by atoms with van der Waals surface area (Å²) >= 11 is 0. The zero-order valence-electron chi connectivity index (χ0n) is 33.7. The maximum atomic E-state index is 13.6. The zero-order valence-corrected chi connectivity index (χ0v) is 33.7. The number of carbonyl (C=O) groups is 4. The number of fused-ring (bicyclic) bond motifs is 1. The van der Waals surface area contributed by atoms with Gasteiger partial charge < -0.3 is 39.9 Å². The molecular weight excluding hydrogens is 739 g/mol. The second-order valence-corrected chi connectivity index (χ2v) is 15.7. The summed E-state index contributed by atoms with van der Waals surface area (Å²) in [4.78, 5) is 75.8. The predicted molar refractivity (Wildman–Crippen MR) is 218 cm³/mol. The third-order valence-electron chi connectivity index (χ3n) is 11.2. The van der Waals surface area contributed by atoms with Crippen LogP contribution in [-0.4, -0.2) is 98.1 Å². The van der Waals surface area contributed by atoms with E-state index in [-0.39, 0.29) is 35.7 Å². The molecule has 0 aliphatic carbocycles. The summed E-state index contributed by atoms with van der Waals surface area (Å²) in [6.07, 6.45) is 7.51. The molecule has 4 N–H and O–H groups in total. The molecule has 2 saturated heterocycles. The number of ether oxygens (including phenoxy) is 2. The Morgan fingerprint density at radius 1 is 0.690 bits per heavy atom. The highest BCUT2D eigenvalue weighted by Crippen LogP contribution is 2.35. The molecule has 2 fully saturated rings. The Bertz CT molecular complexity index is 2280. The topological polar surface area (TPSA) is 188 Å². The van der Waals surface area contributed by atoms with Crippen LogP contribution in [0, 0.1) is 11.8 Å². The van der Waals surface area contributed by atoms with Gasteiger partial charge in [-0.2, -0.15) is 0 Å². The first-order chi connectivity index (χ1) is 27.9. The number of pyridine rings is 1. The monoisotopic (exact) mass is 789 g/mol. The Labute approximate surface area is 337 Å². The Kier molecular flexibility index (Phi) is 11.8. The number of benzene rings is 2. The number of rotatable bonds is 11. The first kappa shape index (κ1) is 40.0. The van der Waals surface area contributed by atoms with Crippen molar-refractivity contribution in [3.05, 3.63) is 78.8 Å². The van der Waals surface area contributed by atoms with Gasteiger partial charge >= 0.3 is 12.2 Å². The van der Waals surface area contributed by atoms with Crippen molar-refractivity contribution < 1.29 is 28.7 Å². The average molecular weight is 790 g/mol. The van der Waals surface area contributed by atoms with Crippen LogP contribution < -0.4 is 10.6 Å². The summed E-state index contributed by atoms with van der Waals surface area (Å²) in [5.74, 6) is 0.917. The van der Waals surface area contributed by atoms with Crippen LogP contribution in [0.1, 0.15) is 77.1 Å². The van der Waals surface area contributed by atoms with Crippen molar-refractivity contribution in [1.82, 2.24) is 45.4 Å². The maximum Gasteiger partial charge on any atom is 0.407 e. The first-order valence-corrected chi connectivity index (χ1v) is 19.9. The molecule has 0 bridgehead atoms. The van der Waals surface area contributed by atoms with Crippen LogP contribution in [-0.2, 0) is 19.1 Å². The number of aromatic amines is 2. The number of H-pyrrole nitrogens is 2. The number of nitrogens with zero attached hydrogens (tertiary/aromatic N) is 5. The molecule has 15 nitrogen and oxygen atoms in total. The lowest BCUT2D eigenvalue weighted by atomic mass is 10.0. The molecule has 15 heteroatoms. The van der Waals surface area contributed by atoms with Crippen LogP contribution in [0.5, 0.6) is 0 Å². The summed E-state index contributed by atoms with van der Waals surface area (Å²) in [5.41, 5.74) is 5.31. The molecule has 2 aliphatic heterocycles. The SMILES string of the molecule is COC(=O)N[C@H](C(=O)N1CCC[C@H]1c1nc(-c2ccc3cc(-c4ccc(-c5cnc([C@@H]6CCCN6C(=O)[C@@H](NC(=O)OC)C(C)C)[nH]5)cc4)ncc3c2)c[nH]1)C(C)C. The van der Waals surface area contributed by atoms with Gasteiger partial charge in [0, 0.05) is 42.0 Å². The smallest absolute Gasteiger partial charge is 0.407 e. The summed E-state index contributed by atoms with van der Waals surface area (Å²) in [7, 11) is 2.58. The lowest BCUT2D eigenvalue weighted by Crippen LogP contribution is -2.51. The molecule has 58 heavy (non-hydrogen) atoms. The lowest BCUT2D eigenvalue weighted by molar-refractivity contribution is -0.136. The Morgan fingerprint density at radius 3 is 1.84 bits per heavy atom. The van der Waals surface area contributed by atoms with E-state index < -0.39 is 24.3 Å². The standard InChI is InChI=1S/C43H51N9O6/c1-24(2)36(49-42(55)57-5)40(53)51-17-7-9-34(51)38-45-22-32(47-38)27-13-11-26(12-14-27)31-20-28-15-16-29(19-30(28)21-44-31)33-23-46-39(48-33)35-10-8-18-52(35)41(54)37(25(3)4)50-43(56)58-6/h11-16,19-25,34-37H,7-10,17-18H2,1-6H3,(H,45,47)(H,46,48)(H,49,55)(H,50,56)/t34-,35-,36-,37-/m0/s1. The number of aromatic nitrogens is 5. The predicted octanol–water partition coefficient (Wildman–Crippen LogP) is 6.77. The highest BCUT2D eigenvalue weighted by Gasteiger charge is 2.39. The van der Waals surface area contributed by atoms with Crippen LogP contribution >= 0.6 is 0 Å². The fraction of sp³-hybridized carbons (Fsp3) is 0.419. The number of amides is 4. The molecule has 4 atom stereocenters. The van der Waals surface area contributed by atoms with E-state index in [1.807, 2.05) is 70.4 Å². The van der Waals surface area contributed by atoms with Gasteiger partial charge in [-0.1, -0.05) is 64.1 Å². The van der Waals surface area contributed by atoms with Crippen LogP contribution in [0.2, 0.25) is 0 Å². The molecule has 5 aromatic rings. The van der Waals surface area contributed by atoms with E-state index in [0.29, 0.717) is 24.7 Å². The normalized spacial score (nSPS) is 17.8. The van der Waals surface area contributed by atoms with Gasteiger partial charge in [-0.15, -0.1) is 0 Å². The molecule has 0 saturated carbocycles. The van der Waals surface area contributed by atoms with Crippen molar-refractivity contribution in [3.8, 4) is 33.8 Å². The molecule has 4 amide bonds. The highest BCUT2D eigenvalue weighted by atomic mass is 16.5. The second-order valence-electron chi connectivity index (χ2n) is 15.7. The minimum absolute atomic E-state index is 0.109. The van der Waals surface area contributed by atoms with Crippen molar-refractivity contribution in [2.75, 3.05) is 27.3 Å². The average Bonchev–Trinajstić information content (AvgIpc) is 4.07. The van der Waals surface area contributed by atoms with Gasteiger partial charge in [0.25, 0.3) is 0 Å². The van der Waals surface area contributed by atoms with Gasteiger partial charge in [0.05, 0.1) is 49.6 Å². The molecule has 2 aromatic carbocycles. The van der Waals surface area contributed by atoms with E-state index in [1.165, 1.54) is 14.2 Å². The van der Waals surface area contributed by atoms with Gasteiger partial charge in [-0.25, -0.2) is 19.6 Å². The van der Waals surface area contributed by atoms with E-state index >= 15 is 0 Å². The molecule has 7 rings (SSSR count). The largest absolute Gasteiger partial charge is 0.453 e. The van der Waals surface area contributed by atoms with Gasteiger partial charge in [0.2, 0.25) is 11.8 Å². The summed E-state index contributed by atoms with van der Waals surface area (Å²) < 4.78 is 9.52. The van der Waals surface area contributed by atoms with Crippen molar-refractivity contribution in [3.63, 3.8) is 0 Å². The van der Waals surface area contributed by atoms with E-state index in [1.54, 1.807) is 16.0 Å². The van der Waals surface area contributed by atoms with E-state index in [2.05, 4.69) is 43.8 Å². The second kappa shape index (κ2) is 17.1. The molecule has 2 aliphatic rings. The molecule has 0 spiro atoms. The fourth-order valence-electron chi connectivity index (χ4n) is 7.97. The number of methoxy groups -OCH3 is 2. The van der Waals surface area contributed by atoms with E-state index in [0.717, 1.165) is 70.2 Å². The lowest BCUT2D eigenvalue weighted by Gasteiger charge is -2.30. The third-order valence-corrected chi connectivity index (χ3v) is 11.2. The first-order valence-electron chi connectivity index (χ1n) is 19.9. The van der Waals surface area contributed by atoms with Crippen molar-refractivity contribution in [2.45, 2.75) is 77.5 Å². The number of nitrogens with one attached hydrogen (secondary N) is 4. The number of carbonyl (C=O) groups excluding carboxylic acids is 4. The third kappa shape index (κ3) is 8.25. The maximum absolute atomic E-state index is 13.6. The number of alkyl carbamates (subject to hydrolysis) is 2. The quantitative estimate of drug-likeness (QED) is 0.112.